The summed E-state index contributed by atoms with van der Waals surface area (Å²) in [7, 11) is -4.05. The number of rotatable bonds is 3. The molecule has 0 unspecified atom stereocenters. The van der Waals surface area contributed by atoms with Crippen LogP contribution in [0.15, 0.2) is 30.3 Å². The minimum atomic E-state index is -4.05. The van der Waals surface area contributed by atoms with Gasteiger partial charge in [-0.05, 0) is 12.1 Å². The summed E-state index contributed by atoms with van der Waals surface area (Å²) in [5.74, 6) is 0.129. The summed E-state index contributed by atoms with van der Waals surface area (Å²) in [5.41, 5.74) is -0.236. The Kier molecular flexibility index (Phi) is 2.44. The van der Waals surface area contributed by atoms with E-state index in [0.29, 0.717) is 0 Å². The van der Waals surface area contributed by atoms with Crippen LogP contribution in [0.3, 0.4) is 0 Å². The second-order valence-electron chi connectivity index (χ2n) is 1.99. The van der Waals surface area contributed by atoms with E-state index in [1.54, 1.807) is 18.2 Å². The van der Waals surface area contributed by atoms with Crippen molar-refractivity contribution in [2.45, 2.75) is 0 Å². The van der Waals surface area contributed by atoms with Crippen LogP contribution in [0.25, 0.3) is 0 Å². The molecule has 0 atom stereocenters. The van der Waals surface area contributed by atoms with E-state index in [-0.39, 0.29) is 11.4 Å². The van der Waals surface area contributed by atoms with Gasteiger partial charge in [-0.25, -0.2) is 0 Å². The fourth-order valence-electron chi connectivity index (χ4n) is 0.630. The van der Waals surface area contributed by atoms with E-state index in [9.17, 15) is 13.2 Å². The van der Waals surface area contributed by atoms with Crippen LogP contribution in [-0.2, 0) is 14.9 Å². The molecule has 4 nitrogen and oxygen atoms in total. The average molecular weight is 186 g/mol. The van der Waals surface area contributed by atoms with Gasteiger partial charge in [-0.1, -0.05) is 18.2 Å². The molecule has 0 heterocycles. The molecule has 0 saturated heterocycles. The second-order valence-corrected chi connectivity index (χ2v) is 3.33. The third-order valence-electron chi connectivity index (χ3n) is 1.07. The van der Waals surface area contributed by atoms with Gasteiger partial charge in [0, 0.05) is 0 Å². The molecule has 0 spiro atoms. The standard InChI is InChI=1S/C7H6O4S/c8-6-12(9,10)11-7-4-2-1-3-5-7/h1-6H. The first-order valence-corrected chi connectivity index (χ1v) is 4.56. The van der Waals surface area contributed by atoms with E-state index in [1.165, 1.54) is 12.1 Å². The molecule has 0 aliphatic carbocycles. The predicted molar refractivity (Wildman–Crippen MR) is 42.7 cm³/mol. The van der Waals surface area contributed by atoms with Crippen LogP contribution in [0, 0.1) is 0 Å². The van der Waals surface area contributed by atoms with E-state index in [4.69, 9.17) is 0 Å². The van der Waals surface area contributed by atoms with E-state index >= 15 is 0 Å². The lowest BCUT2D eigenvalue weighted by molar-refractivity contribution is 0.489. The zero-order valence-electron chi connectivity index (χ0n) is 6.01. The summed E-state index contributed by atoms with van der Waals surface area (Å²) < 4.78 is 25.5. The minimum absolute atomic E-state index is 0.129. The molecule has 1 aromatic carbocycles. The molecule has 0 fully saturated rings. The van der Waals surface area contributed by atoms with Crippen molar-refractivity contribution in [1.82, 2.24) is 0 Å². The molecule has 0 N–H and O–H groups in total. The first-order chi connectivity index (χ1) is 5.64. The predicted octanol–water partition coefficient (Wildman–Crippen LogP) is 0.585. The van der Waals surface area contributed by atoms with E-state index in [0.717, 1.165) is 0 Å². The quantitative estimate of drug-likeness (QED) is 0.512. The highest BCUT2D eigenvalue weighted by Crippen LogP contribution is 2.10. The van der Waals surface area contributed by atoms with Crippen molar-refractivity contribution in [2.24, 2.45) is 0 Å². The third-order valence-corrected chi connectivity index (χ3v) is 1.73. The number of carbonyl (C=O) groups is 1. The van der Waals surface area contributed by atoms with E-state index in [2.05, 4.69) is 4.18 Å². The molecule has 1 rings (SSSR count). The van der Waals surface area contributed by atoms with Gasteiger partial charge in [0.15, 0.2) is 0 Å². The van der Waals surface area contributed by atoms with Gasteiger partial charge in [-0.2, -0.15) is 8.42 Å². The fourth-order valence-corrected chi connectivity index (χ4v) is 1.05. The summed E-state index contributed by atoms with van der Waals surface area (Å²) in [5, 5.41) is 0. The third kappa shape index (κ3) is 2.35. The average Bonchev–Trinajstić information content (AvgIpc) is 2.06. The Labute approximate surface area is 69.9 Å². The molecular formula is C7H6O4S. The largest absolute Gasteiger partial charge is 0.377 e. The first kappa shape index (κ1) is 8.73. The van der Waals surface area contributed by atoms with Gasteiger partial charge in [0.25, 0.3) is 5.62 Å². The van der Waals surface area contributed by atoms with Crippen molar-refractivity contribution in [1.29, 1.82) is 0 Å². The van der Waals surface area contributed by atoms with Gasteiger partial charge >= 0.3 is 10.1 Å². The van der Waals surface area contributed by atoms with Crippen molar-refractivity contribution in [2.75, 3.05) is 0 Å². The summed E-state index contributed by atoms with van der Waals surface area (Å²) in [6, 6.07) is 7.81. The SMILES string of the molecule is O=CS(=O)(=O)Oc1ccccc1. The van der Waals surface area contributed by atoms with Crippen LogP contribution < -0.4 is 4.18 Å². The summed E-state index contributed by atoms with van der Waals surface area (Å²) >= 11 is 0. The first-order valence-electron chi connectivity index (χ1n) is 3.09. The topological polar surface area (TPSA) is 60.4 Å². The molecule has 1 aromatic rings. The Bertz CT molecular complexity index is 354. The Morgan fingerprint density at radius 2 is 1.75 bits per heavy atom. The molecule has 64 valence electrons. The number of carbonyl (C=O) groups excluding carboxylic acids is 1. The van der Waals surface area contributed by atoms with Gasteiger partial charge in [0.05, 0.1) is 0 Å². The molecule has 0 aliphatic rings. The molecule has 5 heteroatoms. The molecule has 0 radical (unpaired) electrons. The maximum Gasteiger partial charge on any atom is 0.370 e. The molecule has 0 saturated carbocycles. The molecule has 12 heavy (non-hydrogen) atoms. The number of hydrogen-bond acceptors (Lipinski definition) is 4. The van der Waals surface area contributed by atoms with Crippen LogP contribution in [0.1, 0.15) is 0 Å². The maximum atomic E-state index is 10.6. The van der Waals surface area contributed by atoms with Gasteiger partial charge in [-0.3, -0.25) is 4.79 Å². The summed E-state index contributed by atoms with van der Waals surface area (Å²) in [6.45, 7) is 0. The lowest BCUT2D eigenvalue weighted by Gasteiger charge is -1.98. The maximum absolute atomic E-state index is 10.6. The van der Waals surface area contributed by atoms with E-state index in [1.807, 2.05) is 0 Å². The Morgan fingerprint density at radius 3 is 2.25 bits per heavy atom. The lowest BCUT2D eigenvalue weighted by Crippen LogP contribution is -2.09. The van der Waals surface area contributed by atoms with Crippen LogP contribution in [0.5, 0.6) is 5.75 Å². The number of benzene rings is 1. The lowest BCUT2D eigenvalue weighted by atomic mass is 10.3. The highest BCUT2D eigenvalue weighted by molar-refractivity contribution is 8.00. The molecule has 0 aliphatic heterocycles. The van der Waals surface area contributed by atoms with Crippen LogP contribution >= 0.6 is 0 Å². The van der Waals surface area contributed by atoms with Crippen molar-refractivity contribution in [3.63, 3.8) is 0 Å². The number of para-hydroxylation sites is 1. The zero-order chi connectivity index (χ0) is 9.03. The highest BCUT2D eigenvalue weighted by Gasteiger charge is 2.08. The smallest absolute Gasteiger partial charge is 0.370 e. The molecule has 0 amide bonds. The van der Waals surface area contributed by atoms with Gasteiger partial charge in [0.1, 0.15) is 5.75 Å². The van der Waals surface area contributed by atoms with Gasteiger partial charge in [-0.15, -0.1) is 0 Å². The van der Waals surface area contributed by atoms with Crippen LogP contribution in [0.4, 0.5) is 0 Å². The van der Waals surface area contributed by atoms with Crippen molar-refractivity contribution in [3.05, 3.63) is 30.3 Å². The fraction of sp³-hybridized carbons (Fsp3) is 0. The monoisotopic (exact) mass is 186 g/mol. The van der Waals surface area contributed by atoms with Gasteiger partial charge in [0.2, 0.25) is 0 Å². The van der Waals surface area contributed by atoms with Crippen LogP contribution in [-0.4, -0.2) is 14.0 Å². The van der Waals surface area contributed by atoms with Crippen molar-refractivity contribution < 1.29 is 17.4 Å². The van der Waals surface area contributed by atoms with Crippen molar-refractivity contribution in [3.8, 4) is 5.75 Å². The Balaban J connectivity index is 2.85. The zero-order valence-corrected chi connectivity index (χ0v) is 6.82. The van der Waals surface area contributed by atoms with E-state index < -0.39 is 10.1 Å². The normalized spacial score (nSPS) is 10.7. The van der Waals surface area contributed by atoms with Crippen LogP contribution in [0.2, 0.25) is 0 Å². The highest BCUT2D eigenvalue weighted by atomic mass is 32.2. The number of hydrogen-bond donors (Lipinski definition) is 0. The Morgan fingerprint density at radius 1 is 1.17 bits per heavy atom. The molecule has 0 bridgehead atoms. The second kappa shape index (κ2) is 3.36. The molecule has 0 aromatic heterocycles. The Hall–Kier alpha value is -1.36. The van der Waals surface area contributed by atoms with Crippen molar-refractivity contribution >= 4 is 15.7 Å². The molecular weight excluding hydrogens is 180 g/mol. The summed E-state index contributed by atoms with van der Waals surface area (Å²) in [4.78, 5) is 9.92. The summed E-state index contributed by atoms with van der Waals surface area (Å²) in [6.07, 6.45) is 0. The minimum Gasteiger partial charge on any atom is -0.377 e. The van der Waals surface area contributed by atoms with Gasteiger partial charge < -0.3 is 4.18 Å².